The van der Waals surface area contributed by atoms with Crippen molar-refractivity contribution in [2.24, 2.45) is 0 Å². The highest BCUT2D eigenvalue weighted by Crippen LogP contribution is 2.30. The number of ether oxygens (including phenoxy) is 2. The Hall–Kier alpha value is -2.10. The van der Waals surface area contributed by atoms with Gasteiger partial charge in [0.2, 0.25) is 10.0 Å². The van der Waals surface area contributed by atoms with Crippen LogP contribution in [0.15, 0.2) is 51.8 Å². The molecule has 2 aromatic rings. The van der Waals surface area contributed by atoms with Crippen molar-refractivity contribution < 1.29 is 22.7 Å². The van der Waals surface area contributed by atoms with Gasteiger partial charge in [0, 0.05) is 36.2 Å². The summed E-state index contributed by atoms with van der Waals surface area (Å²) in [5.74, 6) is 0.906. The maximum Gasteiger partial charge on any atom is 0.254 e. The first-order valence-electron chi connectivity index (χ1n) is 9.62. The van der Waals surface area contributed by atoms with E-state index in [1.54, 1.807) is 47.4 Å². The van der Waals surface area contributed by atoms with E-state index < -0.39 is 10.0 Å². The highest BCUT2D eigenvalue weighted by Gasteiger charge is 2.30. The van der Waals surface area contributed by atoms with Crippen LogP contribution in [0, 0.1) is 0 Å². The molecule has 0 atom stereocenters. The van der Waals surface area contributed by atoms with Crippen LogP contribution in [-0.4, -0.2) is 62.9 Å². The van der Waals surface area contributed by atoms with Gasteiger partial charge in [-0.15, -0.1) is 0 Å². The molecule has 0 saturated carbocycles. The molecule has 1 saturated heterocycles. The number of hydrogen-bond acceptors (Lipinski definition) is 5. The van der Waals surface area contributed by atoms with Crippen LogP contribution in [-0.2, 0) is 10.0 Å². The van der Waals surface area contributed by atoms with E-state index >= 15 is 0 Å². The lowest BCUT2D eigenvalue weighted by Gasteiger charge is -2.34. The van der Waals surface area contributed by atoms with Crippen LogP contribution in [0.2, 0.25) is 0 Å². The second-order valence-electron chi connectivity index (χ2n) is 7.19. The number of amides is 1. The molecular formula is C21H25BrN2O5S. The van der Waals surface area contributed by atoms with Gasteiger partial charge < -0.3 is 14.4 Å². The van der Waals surface area contributed by atoms with Gasteiger partial charge in [-0.05, 0) is 50.2 Å². The molecule has 7 nitrogen and oxygen atoms in total. The molecule has 9 heteroatoms. The molecule has 0 N–H and O–H groups in total. The molecule has 0 radical (unpaired) electrons. The van der Waals surface area contributed by atoms with E-state index in [4.69, 9.17) is 9.47 Å². The SMILES string of the molecule is COc1cc(C(=O)N2CCN(S(=O)(=O)c3cccc(Br)c3)CC2)ccc1OC(C)C. The molecule has 1 heterocycles. The fourth-order valence-electron chi connectivity index (χ4n) is 3.24. The third-order valence-electron chi connectivity index (χ3n) is 4.73. The molecule has 1 amide bonds. The molecule has 1 aliphatic heterocycles. The summed E-state index contributed by atoms with van der Waals surface area (Å²) in [5, 5.41) is 0. The molecule has 1 fully saturated rings. The van der Waals surface area contributed by atoms with Gasteiger partial charge in [0.05, 0.1) is 18.1 Å². The topological polar surface area (TPSA) is 76.2 Å². The van der Waals surface area contributed by atoms with Crippen LogP contribution in [0.4, 0.5) is 0 Å². The molecule has 0 aromatic heterocycles. The summed E-state index contributed by atoms with van der Waals surface area (Å²) >= 11 is 3.31. The van der Waals surface area contributed by atoms with E-state index in [2.05, 4.69) is 15.9 Å². The molecule has 2 aromatic carbocycles. The highest BCUT2D eigenvalue weighted by molar-refractivity contribution is 9.10. The fraction of sp³-hybridized carbons (Fsp3) is 0.381. The van der Waals surface area contributed by atoms with Crippen molar-refractivity contribution in [3.05, 3.63) is 52.5 Å². The second-order valence-corrected chi connectivity index (χ2v) is 10.0. The number of methoxy groups -OCH3 is 1. The van der Waals surface area contributed by atoms with Crippen LogP contribution in [0.3, 0.4) is 0 Å². The highest BCUT2D eigenvalue weighted by atomic mass is 79.9. The minimum absolute atomic E-state index is 0.0132. The van der Waals surface area contributed by atoms with Crippen LogP contribution < -0.4 is 9.47 Å². The number of sulfonamides is 1. The molecule has 0 bridgehead atoms. The van der Waals surface area contributed by atoms with Crippen molar-refractivity contribution in [2.75, 3.05) is 33.3 Å². The Bertz CT molecular complexity index is 1020. The van der Waals surface area contributed by atoms with E-state index in [1.165, 1.54) is 11.4 Å². The Morgan fingerprint density at radius 3 is 2.33 bits per heavy atom. The fourth-order valence-corrected chi connectivity index (χ4v) is 5.26. The quantitative estimate of drug-likeness (QED) is 0.612. The third kappa shape index (κ3) is 4.96. The zero-order chi connectivity index (χ0) is 21.9. The van der Waals surface area contributed by atoms with Gasteiger partial charge in [-0.25, -0.2) is 8.42 Å². The van der Waals surface area contributed by atoms with Crippen molar-refractivity contribution in [1.29, 1.82) is 0 Å². The average molecular weight is 497 g/mol. The van der Waals surface area contributed by atoms with Crippen LogP contribution in [0.1, 0.15) is 24.2 Å². The largest absolute Gasteiger partial charge is 0.493 e. The first-order chi connectivity index (χ1) is 14.2. The minimum atomic E-state index is -3.60. The van der Waals surface area contributed by atoms with E-state index in [1.807, 2.05) is 13.8 Å². The minimum Gasteiger partial charge on any atom is -0.493 e. The van der Waals surface area contributed by atoms with Crippen molar-refractivity contribution in [2.45, 2.75) is 24.8 Å². The molecule has 1 aliphatic rings. The normalized spacial score (nSPS) is 15.3. The van der Waals surface area contributed by atoms with Crippen LogP contribution >= 0.6 is 15.9 Å². The number of piperazine rings is 1. The van der Waals surface area contributed by atoms with Gasteiger partial charge >= 0.3 is 0 Å². The first kappa shape index (κ1) is 22.6. The number of rotatable bonds is 6. The first-order valence-corrected chi connectivity index (χ1v) is 11.9. The summed E-state index contributed by atoms with van der Waals surface area (Å²) < 4.78 is 38.9. The van der Waals surface area contributed by atoms with E-state index in [-0.39, 0.29) is 30.0 Å². The Morgan fingerprint density at radius 2 is 1.73 bits per heavy atom. The Kier molecular flexibility index (Phi) is 7.05. The third-order valence-corrected chi connectivity index (χ3v) is 7.12. The standard InChI is InChI=1S/C21H25BrN2O5S/c1-15(2)29-19-8-7-16(13-20(19)28-3)21(25)23-9-11-24(12-10-23)30(26,27)18-6-4-5-17(22)14-18/h4-8,13-15H,9-12H2,1-3H3. The second kappa shape index (κ2) is 9.36. The van der Waals surface area contributed by atoms with Crippen LogP contribution in [0.5, 0.6) is 11.5 Å². The van der Waals surface area contributed by atoms with Crippen molar-refractivity contribution in [1.82, 2.24) is 9.21 Å². The number of carbonyl (C=O) groups excluding carboxylic acids is 1. The smallest absolute Gasteiger partial charge is 0.254 e. The maximum absolute atomic E-state index is 12.9. The number of carbonyl (C=O) groups is 1. The van der Waals surface area contributed by atoms with Gasteiger partial charge in [0.15, 0.2) is 11.5 Å². The van der Waals surface area contributed by atoms with E-state index in [9.17, 15) is 13.2 Å². The number of nitrogens with zero attached hydrogens (tertiary/aromatic N) is 2. The summed E-state index contributed by atoms with van der Waals surface area (Å²) in [6.45, 7) is 4.95. The van der Waals surface area contributed by atoms with E-state index in [0.29, 0.717) is 34.6 Å². The molecule has 0 aliphatic carbocycles. The van der Waals surface area contributed by atoms with Crippen molar-refractivity contribution in [3.63, 3.8) is 0 Å². The van der Waals surface area contributed by atoms with Crippen molar-refractivity contribution in [3.8, 4) is 11.5 Å². The predicted octanol–water partition coefficient (Wildman–Crippen LogP) is 3.39. The molecular weight excluding hydrogens is 472 g/mol. The average Bonchev–Trinajstić information content (AvgIpc) is 2.73. The molecule has 0 unspecified atom stereocenters. The summed E-state index contributed by atoms with van der Waals surface area (Å²) in [6, 6.07) is 11.7. The molecule has 30 heavy (non-hydrogen) atoms. The number of benzene rings is 2. The summed E-state index contributed by atoms with van der Waals surface area (Å²) in [4.78, 5) is 14.8. The lowest BCUT2D eigenvalue weighted by atomic mass is 10.1. The zero-order valence-corrected chi connectivity index (χ0v) is 19.6. The van der Waals surface area contributed by atoms with Crippen molar-refractivity contribution >= 4 is 31.9 Å². The monoisotopic (exact) mass is 496 g/mol. The zero-order valence-electron chi connectivity index (χ0n) is 17.2. The predicted molar refractivity (Wildman–Crippen MR) is 118 cm³/mol. The molecule has 162 valence electrons. The summed E-state index contributed by atoms with van der Waals surface area (Å²) in [6.07, 6.45) is -0.0132. The van der Waals surface area contributed by atoms with Gasteiger partial charge in [-0.1, -0.05) is 22.0 Å². The maximum atomic E-state index is 12.9. The Morgan fingerprint density at radius 1 is 1.03 bits per heavy atom. The van der Waals surface area contributed by atoms with E-state index in [0.717, 1.165) is 0 Å². The number of hydrogen-bond donors (Lipinski definition) is 0. The van der Waals surface area contributed by atoms with Gasteiger partial charge in [-0.2, -0.15) is 4.31 Å². The van der Waals surface area contributed by atoms with Gasteiger partial charge in [0.25, 0.3) is 5.91 Å². The molecule has 3 rings (SSSR count). The van der Waals surface area contributed by atoms with Gasteiger partial charge in [0.1, 0.15) is 0 Å². The Labute approximate surface area is 185 Å². The number of halogens is 1. The lowest BCUT2D eigenvalue weighted by Crippen LogP contribution is -2.50. The van der Waals surface area contributed by atoms with Crippen LogP contribution in [0.25, 0.3) is 0 Å². The summed E-state index contributed by atoms with van der Waals surface area (Å²) in [7, 11) is -2.07. The lowest BCUT2D eigenvalue weighted by molar-refractivity contribution is 0.0697. The Balaban J connectivity index is 1.70. The molecule has 0 spiro atoms. The van der Waals surface area contributed by atoms with Gasteiger partial charge in [-0.3, -0.25) is 4.79 Å². The summed E-state index contributed by atoms with van der Waals surface area (Å²) in [5.41, 5.74) is 0.478.